The molecule has 2 rings (SSSR count). The van der Waals surface area contributed by atoms with Crippen LogP contribution in [0.1, 0.15) is 61.5 Å². The average Bonchev–Trinajstić information content (AvgIpc) is 2.59. The highest BCUT2D eigenvalue weighted by atomic mass is 16.3. The van der Waals surface area contributed by atoms with Crippen molar-refractivity contribution in [2.45, 2.75) is 52.1 Å². The van der Waals surface area contributed by atoms with Crippen LogP contribution in [0.4, 0.5) is 0 Å². The number of nitrogens with zero attached hydrogens (tertiary/aromatic N) is 1. The number of hydrogen-bond acceptors (Lipinski definition) is 3. The molecule has 3 N–H and O–H groups in total. The highest BCUT2D eigenvalue weighted by molar-refractivity contribution is 5.93. The lowest BCUT2D eigenvalue weighted by Crippen LogP contribution is -2.38. The Morgan fingerprint density at radius 3 is 2.19 bits per heavy atom. The summed E-state index contributed by atoms with van der Waals surface area (Å²) in [5.74, 6) is -0.288. The third-order valence-electron chi connectivity index (χ3n) is 4.89. The topological polar surface area (TPSA) is 66.6 Å². The largest absolute Gasteiger partial charge is 0.508 e. The lowest BCUT2D eigenvalue weighted by molar-refractivity contribution is 0.1000. The van der Waals surface area contributed by atoms with E-state index < -0.39 is 5.91 Å². The Bertz CT molecular complexity index is 718. The molecule has 4 nitrogen and oxygen atoms in total. The van der Waals surface area contributed by atoms with Crippen LogP contribution in [-0.2, 0) is 0 Å². The predicted octanol–water partition coefficient (Wildman–Crippen LogP) is 4.13. The number of carbonyl (C=O) groups is 1. The minimum absolute atomic E-state index is 0.00417. The van der Waals surface area contributed by atoms with Crippen molar-refractivity contribution in [3.05, 3.63) is 65.2 Å². The maximum atomic E-state index is 11.6. The summed E-state index contributed by atoms with van der Waals surface area (Å²) in [5.41, 5.74) is 7.74. The second-order valence-corrected chi connectivity index (χ2v) is 7.32. The van der Waals surface area contributed by atoms with E-state index >= 15 is 0 Å². The van der Waals surface area contributed by atoms with E-state index in [-0.39, 0.29) is 11.7 Å². The Hall–Kier alpha value is -2.33. The number of primary amides is 1. The second-order valence-electron chi connectivity index (χ2n) is 7.32. The summed E-state index contributed by atoms with van der Waals surface area (Å²) in [4.78, 5) is 14.0. The van der Waals surface area contributed by atoms with Crippen molar-refractivity contribution in [3.63, 3.8) is 0 Å². The minimum atomic E-state index is -0.482. The molecule has 140 valence electrons. The number of carbonyl (C=O) groups excluding carboxylic acids is 1. The molecular weight excluding hydrogens is 324 g/mol. The maximum absolute atomic E-state index is 11.6. The molecule has 1 amide bonds. The SMILES string of the molecule is CC(C)N(CCC(c1ccccc1)c1cc(C(N)=O)ccc1O)C(C)C. The first kappa shape index (κ1) is 20.0. The Morgan fingerprint density at radius 1 is 1.04 bits per heavy atom. The van der Waals surface area contributed by atoms with E-state index in [0.717, 1.165) is 24.1 Å². The fraction of sp³-hybridized carbons (Fsp3) is 0.409. The zero-order valence-corrected chi connectivity index (χ0v) is 16.1. The van der Waals surface area contributed by atoms with Gasteiger partial charge in [0, 0.05) is 29.1 Å². The van der Waals surface area contributed by atoms with E-state index in [2.05, 4.69) is 44.7 Å². The highest BCUT2D eigenvalue weighted by Gasteiger charge is 2.22. The Balaban J connectivity index is 2.40. The second kappa shape index (κ2) is 8.86. The van der Waals surface area contributed by atoms with Crippen LogP contribution in [0.2, 0.25) is 0 Å². The van der Waals surface area contributed by atoms with Crippen LogP contribution in [0.3, 0.4) is 0 Å². The van der Waals surface area contributed by atoms with E-state index in [4.69, 9.17) is 5.73 Å². The summed E-state index contributed by atoms with van der Waals surface area (Å²) in [6, 6.07) is 15.9. The number of nitrogens with two attached hydrogens (primary N) is 1. The Morgan fingerprint density at radius 2 is 1.65 bits per heavy atom. The van der Waals surface area contributed by atoms with Crippen molar-refractivity contribution >= 4 is 5.91 Å². The summed E-state index contributed by atoms with van der Waals surface area (Å²) >= 11 is 0. The van der Waals surface area contributed by atoms with Gasteiger partial charge in [0.05, 0.1) is 0 Å². The third kappa shape index (κ3) is 4.85. The molecular formula is C22H30N2O2. The molecule has 2 aromatic carbocycles. The minimum Gasteiger partial charge on any atom is -0.508 e. The lowest BCUT2D eigenvalue weighted by atomic mass is 9.86. The molecule has 0 aliphatic heterocycles. The van der Waals surface area contributed by atoms with Crippen LogP contribution in [0, 0.1) is 0 Å². The molecule has 0 heterocycles. The van der Waals surface area contributed by atoms with Gasteiger partial charge in [0.1, 0.15) is 5.75 Å². The standard InChI is InChI=1S/C22H30N2O2/c1-15(2)24(16(3)4)13-12-19(17-8-6-5-7-9-17)20-14-18(22(23)26)10-11-21(20)25/h5-11,14-16,19,25H,12-13H2,1-4H3,(H2,23,26). The molecule has 0 aliphatic rings. The monoisotopic (exact) mass is 354 g/mol. The molecule has 26 heavy (non-hydrogen) atoms. The van der Waals surface area contributed by atoms with Crippen molar-refractivity contribution in [1.29, 1.82) is 0 Å². The molecule has 0 spiro atoms. The first-order chi connectivity index (χ1) is 12.3. The summed E-state index contributed by atoms with van der Waals surface area (Å²) in [6.45, 7) is 9.69. The molecule has 0 radical (unpaired) electrons. The van der Waals surface area contributed by atoms with Gasteiger partial charge in [0.15, 0.2) is 0 Å². The van der Waals surface area contributed by atoms with Crippen molar-refractivity contribution in [2.24, 2.45) is 5.73 Å². The normalized spacial score (nSPS) is 12.7. The van der Waals surface area contributed by atoms with Gasteiger partial charge in [-0.2, -0.15) is 0 Å². The van der Waals surface area contributed by atoms with Crippen LogP contribution in [0.25, 0.3) is 0 Å². The highest BCUT2D eigenvalue weighted by Crippen LogP contribution is 2.35. The third-order valence-corrected chi connectivity index (χ3v) is 4.89. The fourth-order valence-electron chi connectivity index (χ4n) is 3.56. The predicted molar refractivity (Wildman–Crippen MR) is 107 cm³/mol. The van der Waals surface area contributed by atoms with Crippen LogP contribution >= 0.6 is 0 Å². The smallest absolute Gasteiger partial charge is 0.248 e. The number of hydrogen-bond donors (Lipinski definition) is 2. The summed E-state index contributed by atoms with van der Waals surface area (Å²) < 4.78 is 0. The van der Waals surface area contributed by atoms with Gasteiger partial charge < -0.3 is 10.8 Å². The molecule has 1 atom stereocenters. The Kier molecular flexibility index (Phi) is 6.81. The molecule has 0 aromatic heterocycles. The van der Waals surface area contributed by atoms with Crippen molar-refractivity contribution in [1.82, 2.24) is 4.90 Å². The van der Waals surface area contributed by atoms with Crippen molar-refractivity contribution in [3.8, 4) is 5.75 Å². The van der Waals surface area contributed by atoms with Gasteiger partial charge in [0.2, 0.25) is 5.91 Å². The van der Waals surface area contributed by atoms with Gasteiger partial charge in [-0.25, -0.2) is 0 Å². The first-order valence-corrected chi connectivity index (χ1v) is 9.24. The molecule has 0 saturated heterocycles. The molecule has 0 aliphatic carbocycles. The van der Waals surface area contributed by atoms with E-state index in [9.17, 15) is 9.90 Å². The van der Waals surface area contributed by atoms with Crippen LogP contribution < -0.4 is 5.73 Å². The number of amides is 1. The number of rotatable bonds is 8. The van der Waals surface area contributed by atoms with Crippen molar-refractivity contribution < 1.29 is 9.90 Å². The zero-order chi connectivity index (χ0) is 19.3. The lowest BCUT2D eigenvalue weighted by Gasteiger charge is -2.32. The summed E-state index contributed by atoms with van der Waals surface area (Å²) in [7, 11) is 0. The quantitative estimate of drug-likeness (QED) is 0.749. The van der Waals surface area contributed by atoms with E-state index in [1.807, 2.05) is 18.2 Å². The average molecular weight is 354 g/mol. The van der Waals surface area contributed by atoms with Crippen molar-refractivity contribution in [2.75, 3.05) is 6.54 Å². The van der Waals surface area contributed by atoms with Gasteiger partial charge >= 0.3 is 0 Å². The molecule has 4 heteroatoms. The van der Waals surface area contributed by atoms with Crippen LogP contribution in [0.15, 0.2) is 48.5 Å². The number of benzene rings is 2. The maximum Gasteiger partial charge on any atom is 0.248 e. The first-order valence-electron chi connectivity index (χ1n) is 9.24. The number of aromatic hydroxyl groups is 1. The molecule has 1 unspecified atom stereocenters. The number of phenolic OH excluding ortho intramolecular Hbond substituents is 1. The van der Waals surface area contributed by atoms with E-state index in [0.29, 0.717) is 17.6 Å². The molecule has 0 fully saturated rings. The molecule has 2 aromatic rings. The van der Waals surface area contributed by atoms with Gasteiger partial charge in [-0.15, -0.1) is 0 Å². The van der Waals surface area contributed by atoms with E-state index in [1.54, 1.807) is 18.2 Å². The van der Waals surface area contributed by atoms with E-state index in [1.165, 1.54) is 0 Å². The van der Waals surface area contributed by atoms with Crippen LogP contribution in [0.5, 0.6) is 5.75 Å². The molecule has 0 saturated carbocycles. The summed E-state index contributed by atoms with van der Waals surface area (Å²) in [6.07, 6.45) is 0.843. The van der Waals surface area contributed by atoms with Gasteiger partial charge in [-0.1, -0.05) is 30.3 Å². The Labute approximate surface area is 156 Å². The van der Waals surface area contributed by atoms with Gasteiger partial charge in [0.25, 0.3) is 0 Å². The fourth-order valence-corrected chi connectivity index (χ4v) is 3.56. The molecule has 0 bridgehead atoms. The van der Waals surface area contributed by atoms with Gasteiger partial charge in [-0.3, -0.25) is 9.69 Å². The van der Waals surface area contributed by atoms with Crippen LogP contribution in [-0.4, -0.2) is 34.5 Å². The van der Waals surface area contributed by atoms with Gasteiger partial charge in [-0.05, 0) is 64.4 Å². The zero-order valence-electron chi connectivity index (χ0n) is 16.1. The number of phenols is 1. The summed E-state index contributed by atoms with van der Waals surface area (Å²) in [5, 5.41) is 10.5.